The van der Waals surface area contributed by atoms with Gasteiger partial charge in [-0.1, -0.05) is 29.3 Å². The summed E-state index contributed by atoms with van der Waals surface area (Å²) in [6.07, 6.45) is 1.21. The number of carbonyl (C=O) groups excluding carboxylic acids is 1. The number of carbonyl (C=O) groups is 2. The average Bonchev–Trinajstić information content (AvgIpc) is 2.70. The highest BCUT2D eigenvalue weighted by atomic mass is 35.5. The van der Waals surface area contributed by atoms with Crippen molar-refractivity contribution in [3.8, 4) is 0 Å². The molecule has 0 radical (unpaired) electrons. The van der Waals surface area contributed by atoms with Crippen LogP contribution in [0.15, 0.2) is 53.5 Å². The van der Waals surface area contributed by atoms with Gasteiger partial charge in [-0.2, -0.15) is 0 Å². The molecular weight excluding hydrogens is 457 g/mol. The van der Waals surface area contributed by atoms with E-state index >= 15 is 0 Å². The zero-order valence-corrected chi connectivity index (χ0v) is 18.2. The van der Waals surface area contributed by atoms with Crippen LogP contribution in [0.2, 0.25) is 10.0 Å². The fraction of sp³-hybridized carbons (Fsp3) is 0.143. The first-order valence-electron chi connectivity index (χ1n) is 9.38. The molecule has 0 aliphatic rings. The van der Waals surface area contributed by atoms with E-state index < -0.39 is 29.9 Å². The van der Waals surface area contributed by atoms with Gasteiger partial charge in [0.2, 0.25) is 0 Å². The predicted molar refractivity (Wildman–Crippen MR) is 121 cm³/mol. The van der Waals surface area contributed by atoms with Crippen LogP contribution < -0.4 is 27.3 Å². The number of halogens is 2. The van der Waals surface area contributed by atoms with E-state index in [9.17, 15) is 19.5 Å². The molecule has 3 aromatic rings. The minimum atomic E-state index is -1.12. The summed E-state index contributed by atoms with van der Waals surface area (Å²) < 4.78 is 1.38. The lowest BCUT2D eigenvalue weighted by Gasteiger charge is -2.18. The molecule has 0 bridgehead atoms. The summed E-state index contributed by atoms with van der Waals surface area (Å²) in [5.41, 5.74) is 12.1. The van der Waals surface area contributed by atoms with Crippen molar-refractivity contribution in [3.63, 3.8) is 0 Å². The molecule has 7 N–H and O–H groups in total. The minimum absolute atomic E-state index is 0.0568. The van der Waals surface area contributed by atoms with Crippen molar-refractivity contribution in [2.75, 3.05) is 0 Å². The number of nitrogens with two attached hydrogens (primary N) is 2. The minimum Gasteiger partial charge on any atom is -0.481 e. The standard InChI is InChI=1S/C21H19Cl2N5O4/c22-14-3-12(4-15(23)7-14)17(8-19(30)31)27-20(32)13-5-16-2-1-11(9-26-21(24)25)10-28(16)18(29)6-13/h1-7,10,17H,8-9H2,(H,27,32)(H,30,31)(H4,24,25,26)/p+1. The fourth-order valence-electron chi connectivity index (χ4n) is 3.15. The third-order valence-electron chi connectivity index (χ3n) is 4.59. The van der Waals surface area contributed by atoms with Gasteiger partial charge < -0.3 is 10.4 Å². The molecule has 1 unspecified atom stereocenters. The number of nitrogens with one attached hydrogen (secondary N) is 2. The van der Waals surface area contributed by atoms with E-state index in [0.29, 0.717) is 27.7 Å². The third kappa shape index (κ3) is 5.77. The second-order valence-electron chi connectivity index (χ2n) is 7.05. The molecule has 9 nitrogen and oxygen atoms in total. The normalized spacial score (nSPS) is 11.7. The summed E-state index contributed by atoms with van der Waals surface area (Å²) in [6, 6.07) is 9.78. The summed E-state index contributed by atoms with van der Waals surface area (Å²) in [7, 11) is 0. The lowest BCUT2D eigenvalue weighted by molar-refractivity contribution is -0.477. The maximum atomic E-state index is 12.9. The number of hydrogen-bond donors (Lipinski definition) is 5. The van der Waals surface area contributed by atoms with Crippen molar-refractivity contribution in [1.29, 1.82) is 0 Å². The Morgan fingerprint density at radius 3 is 2.41 bits per heavy atom. The molecule has 1 atom stereocenters. The maximum absolute atomic E-state index is 12.9. The number of aromatic nitrogens is 1. The summed E-state index contributed by atoms with van der Waals surface area (Å²) in [5.74, 6) is -1.67. The zero-order valence-electron chi connectivity index (χ0n) is 16.6. The van der Waals surface area contributed by atoms with Gasteiger partial charge in [-0.15, -0.1) is 0 Å². The van der Waals surface area contributed by atoms with E-state index in [1.807, 2.05) is 0 Å². The molecule has 32 heavy (non-hydrogen) atoms. The van der Waals surface area contributed by atoms with Crippen LogP contribution in [-0.2, 0) is 11.3 Å². The molecule has 0 spiro atoms. The van der Waals surface area contributed by atoms with Gasteiger partial charge in [0.15, 0.2) is 0 Å². The Morgan fingerprint density at radius 1 is 1.09 bits per heavy atom. The first kappa shape index (κ1) is 23.1. The number of benzene rings is 1. The molecule has 1 aromatic carbocycles. The monoisotopic (exact) mass is 476 g/mol. The van der Waals surface area contributed by atoms with Gasteiger partial charge in [0, 0.05) is 39.0 Å². The van der Waals surface area contributed by atoms with Crippen LogP contribution in [0.4, 0.5) is 0 Å². The van der Waals surface area contributed by atoms with Crippen molar-refractivity contribution in [2.45, 2.75) is 19.0 Å². The number of hydrogen-bond acceptors (Lipinski definition) is 3. The van der Waals surface area contributed by atoms with Crippen molar-refractivity contribution in [1.82, 2.24) is 9.72 Å². The number of aliphatic carboxylic acids is 1. The Morgan fingerprint density at radius 2 is 1.78 bits per heavy atom. The topological polar surface area (TPSA) is 154 Å². The number of fused-ring (bicyclic) bond motifs is 1. The summed E-state index contributed by atoms with van der Waals surface area (Å²) in [6.45, 7) is 0.325. The van der Waals surface area contributed by atoms with E-state index in [1.54, 1.807) is 18.3 Å². The van der Waals surface area contributed by atoms with Crippen molar-refractivity contribution in [3.05, 3.63) is 85.8 Å². The number of guanidine groups is 1. The lowest BCUT2D eigenvalue weighted by Crippen LogP contribution is -2.76. The molecule has 0 aliphatic heterocycles. The van der Waals surface area contributed by atoms with Crippen molar-refractivity contribution in [2.24, 2.45) is 11.5 Å². The molecular formula is C21H20Cl2N5O4+. The Balaban J connectivity index is 1.91. The fourth-order valence-corrected chi connectivity index (χ4v) is 3.70. The maximum Gasteiger partial charge on any atom is 0.339 e. The zero-order chi connectivity index (χ0) is 23.4. The van der Waals surface area contributed by atoms with Crippen molar-refractivity contribution >= 4 is 46.6 Å². The summed E-state index contributed by atoms with van der Waals surface area (Å²) in [5, 5.41) is 12.5. The number of amides is 1. The van der Waals surface area contributed by atoms with Crippen LogP contribution >= 0.6 is 23.2 Å². The van der Waals surface area contributed by atoms with Crippen LogP contribution in [0, 0.1) is 0 Å². The SMILES string of the molecule is NC(N)=[NH+]Cc1ccc2cc(C(=O)NC(CC(=O)O)c3cc(Cl)cc(Cl)c3)cc(=O)n2c1. The highest BCUT2D eigenvalue weighted by Gasteiger charge is 2.20. The second kappa shape index (κ2) is 9.71. The molecule has 0 saturated heterocycles. The molecule has 1 amide bonds. The van der Waals surface area contributed by atoms with E-state index in [1.165, 1.54) is 34.7 Å². The average molecular weight is 477 g/mol. The number of pyridine rings is 2. The molecule has 3 rings (SSSR count). The first-order valence-corrected chi connectivity index (χ1v) is 10.1. The van der Waals surface area contributed by atoms with Gasteiger partial charge in [0.1, 0.15) is 0 Å². The number of rotatable bonds is 7. The Kier molecular flexibility index (Phi) is 7.01. The first-order chi connectivity index (χ1) is 15.1. The number of carboxylic acid groups (broad SMARTS) is 1. The quantitative estimate of drug-likeness (QED) is 0.245. The van der Waals surface area contributed by atoms with Crippen LogP contribution in [-0.4, -0.2) is 27.3 Å². The molecule has 166 valence electrons. The van der Waals surface area contributed by atoms with Crippen LogP contribution in [0.1, 0.15) is 33.9 Å². The Hall–Kier alpha value is -3.56. The van der Waals surface area contributed by atoms with E-state index in [4.69, 9.17) is 34.7 Å². The summed E-state index contributed by atoms with van der Waals surface area (Å²) in [4.78, 5) is 39.6. The van der Waals surface area contributed by atoms with E-state index in [0.717, 1.165) is 5.56 Å². The van der Waals surface area contributed by atoms with E-state index in [2.05, 4.69) is 10.3 Å². The Bertz CT molecular complexity index is 1260. The van der Waals surface area contributed by atoms with Gasteiger partial charge in [-0.05, 0) is 35.9 Å². The molecule has 0 aliphatic carbocycles. The molecule has 2 aromatic heterocycles. The highest BCUT2D eigenvalue weighted by molar-refractivity contribution is 6.34. The van der Waals surface area contributed by atoms with Gasteiger partial charge >= 0.3 is 11.9 Å². The lowest BCUT2D eigenvalue weighted by atomic mass is 10.0. The number of nitrogens with zero attached hydrogens (tertiary/aromatic N) is 1. The molecule has 0 saturated carbocycles. The largest absolute Gasteiger partial charge is 0.481 e. The van der Waals surface area contributed by atoms with Crippen LogP contribution in [0.5, 0.6) is 0 Å². The summed E-state index contributed by atoms with van der Waals surface area (Å²) >= 11 is 12.0. The second-order valence-corrected chi connectivity index (χ2v) is 7.92. The van der Waals surface area contributed by atoms with Gasteiger partial charge in [0.05, 0.1) is 19.0 Å². The van der Waals surface area contributed by atoms with Crippen LogP contribution in [0.25, 0.3) is 5.52 Å². The molecule has 2 heterocycles. The molecule has 0 fully saturated rings. The van der Waals surface area contributed by atoms with E-state index in [-0.39, 0.29) is 11.5 Å². The van der Waals surface area contributed by atoms with Gasteiger partial charge in [-0.25, -0.2) is 0 Å². The van der Waals surface area contributed by atoms with Gasteiger partial charge in [-0.3, -0.25) is 35.2 Å². The van der Waals surface area contributed by atoms with Crippen LogP contribution in [0.3, 0.4) is 0 Å². The molecule has 11 heteroatoms. The third-order valence-corrected chi connectivity index (χ3v) is 5.03. The number of carboxylic acids is 1. The predicted octanol–water partition coefficient (Wildman–Crippen LogP) is 0.406. The smallest absolute Gasteiger partial charge is 0.339 e. The highest BCUT2D eigenvalue weighted by Crippen LogP contribution is 2.26. The van der Waals surface area contributed by atoms with Crippen molar-refractivity contribution < 1.29 is 19.7 Å². The Labute approximate surface area is 192 Å². The van der Waals surface area contributed by atoms with Gasteiger partial charge in [0.25, 0.3) is 11.5 Å².